The van der Waals surface area contributed by atoms with Crippen LogP contribution in [0.2, 0.25) is 0 Å². The molecule has 0 radical (unpaired) electrons. The molecule has 0 N–H and O–H groups in total. The summed E-state index contributed by atoms with van der Waals surface area (Å²) in [5.74, 6) is -0.429. The van der Waals surface area contributed by atoms with E-state index in [0.29, 0.717) is 36.4 Å². The van der Waals surface area contributed by atoms with Crippen LogP contribution in [0, 0.1) is 0 Å². The zero-order chi connectivity index (χ0) is 18.2. The molecule has 0 bridgehead atoms. The lowest BCUT2D eigenvalue weighted by atomic mass is 10.2. The maximum Gasteiger partial charge on any atom is 0.336 e. The van der Waals surface area contributed by atoms with E-state index in [1.165, 1.54) is 12.1 Å². The molecular formula is C19H20O6. The highest BCUT2D eigenvalue weighted by atomic mass is 16.5. The highest BCUT2D eigenvalue weighted by molar-refractivity contribution is 5.86. The Morgan fingerprint density at radius 3 is 2.64 bits per heavy atom. The van der Waals surface area contributed by atoms with E-state index in [1.54, 1.807) is 25.1 Å². The van der Waals surface area contributed by atoms with Crippen molar-refractivity contribution in [3.63, 3.8) is 0 Å². The van der Waals surface area contributed by atoms with Crippen molar-refractivity contribution in [2.24, 2.45) is 0 Å². The molecule has 0 aliphatic heterocycles. The Kier molecular flexibility index (Phi) is 6.51. The first-order chi connectivity index (χ1) is 12.0. The number of hydrogen-bond donors (Lipinski definition) is 0. The van der Waals surface area contributed by atoms with Crippen molar-refractivity contribution >= 4 is 22.9 Å². The molecule has 0 fully saturated rings. The van der Waals surface area contributed by atoms with Crippen molar-refractivity contribution in [3.8, 4) is 5.75 Å². The van der Waals surface area contributed by atoms with Crippen molar-refractivity contribution in [2.45, 2.75) is 32.6 Å². The molecule has 0 aliphatic carbocycles. The Labute approximate surface area is 145 Å². The van der Waals surface area contributed by atoms with E-state index in [2.05, 4.69) is 6.58 Å². The smallest absolute Gasteiger partial charge is 0.336 e. The number of ether oxygens (including phenoxy) is 2. The third kappa shape index (κ3) is 5.91. The first kappa shape index (κ1) is 18.4. The van der Waals surface area contributed by atoms with Crippen LogP contribution in [0.3, 0.4) is 0 Å². The van der Waals surface area contributed by atoms with Crippen LogP contribution in [0.15, 0.2) is 51.7 Å². The molecule has 0 saturated heterocycles. The number of fused-ring (bicyclic) bond motifs is 1. The Hall–Kier alpha value is -2.89. The van der Waals surface area contributed by atoms with Gasteiger partial charge in [0.25, 0.3) is 0 Å². The van der Waals surface area contributed by atoms with E-state index in [0.717, 1.165) is 11.8 Å². The zero-order valence-corrected chi connectivity index (χ0v) is 14.1. The van der Waals surface area contributed by atoms with Crippen LogP contribution >= 0.6 is 0 Å². The van der Waals surface area contributed by atoms with E-state index in [-0.39, 0.29) is 12.4 Å². The van der Waals surface area contributed by atoms with Gasteiger partial charge in [0.1, 0.15) is 11.3 Å². The first-order valence-electron chi connectivity index (χ1n) is 8.03. The van der Waals surface area contributed by atoms with E-state index in [4.69, 9.17) is 13.9 Å². The molecule has 2 rings (SSSR count). The minimum Gasteiger partial charge on any atom is -0.462 e. The van der Waals surface area contributed by atoms with Gasteiger partial charge in [-0.2, -0.15) is 0 Å². The van der Waals surface area contributed by atoms with Gasteiger partial charge in [-0.25, -0.2) is 9.59 Å². The summed E-state index contributed by atoms with van der Waals surface area (Å²) < 4.78 is 15.3. The van der Waals surface area contributed by atoms with E-state index >= 15 is 0 Å². The largest absolute Gasteiger partial charge is 0.462 e. The lowest BCUT2D eigenvalue weighted by Crippen LogP contribution is -2.08. The fraction of sp³-hybridized carbons (Fsp3) is 0.316. The van der Waals surface area contributed by atoms with E-state index in [1.807, 2.05) is 0 Å². The van der Waals surface area contributed by atoms with Gasteiger partial charge in [-0.1, -0.05) is 6.58 Å². The predicted molar refractivity (Wildman–Crippen MR) is 92.4 cm³/mol. The van der Waals surface area contributed by atoms with Crippen LogP contribution in [0.5, 0.6) is 5.75 Å². The Morgan fingerprint density at radius 2 is 1.88 bits per heavy atom. The molecule has 0 aliphatic rings. The Balaban J connectivity index is 1.72. The van der Waals surface area contributed by atoms with Gasteiger partial charge in [-0.15, -0.1) is 0 Å². The molecule has 0 unspecified atom stereocenters. The van der Waals surface area contributed by atoms with Gasteiger partial charge < -0.3 is 13.9 Å². The molecular weight excluding hydrogens is 324 g/mol. The van der Waals surface area contributed by atoms with E-state index < -0.39 is 11.6 Å². The molecule has 25 heavy (non-hydrogen) atoms. The number of hydrogen-bond acceptors (Lipinski definition) is 6. The van der Waals surface area contributed by atoms with Crippen LogP contribution in [0.1, 0.15) is 32.6 Å². The van der Waals surface area contributed by atoms with E-state index in [9.17, 15) is 14.4 Å². The molecule has 6 heteroatoms. The molecule has 6 nitrogen and oxygen atoms in total. The minimum absolute atomic E-state index is 0.255. The number of unbranched alkanes of at least 4 members (excludes halogenated alkanes) is 2. The second-order valence-corrected chi connectivity index (χ2v) is 5.66. The molecule has 1 aromatic heterocycles. The SMILES string of the molecule is C=C(C)C(=O)OCCCCCC(=O)Oc1ccc2ccc(=O)oc2c1. The maximum atomic E-state index is 11.8. The fourth-order valence-electron chi connectivity index (χ4n) is 2.12. The van der Waals surface area contributed by atoms with Crippen LogP contribution in [0.4, 0.5) is 0 Å². The molecule has 2 aromatic rings. The van der Waals surface area contributed by atoms with Gasteiger partial charge >= 0.3 is 17.6 Å². The van der Waals surface area contributed by atoms with Crippen LogP contribution in [0.25, 0.3) is 11.0 Å². The second-order valence-electron chi connectivity index (χ2n) is 5.66. The highest BCUT2D eigenvalue weighted by Crippen LogP contribution is 2.20. The summed E-state index contributed by atoms with van der Waals surface area (Å²) in [6, 6.07) is 7.87. The van der Waals surface area contributed by atoms with Crippen molar-refractivity contribution < 1.29 is 23.5 Å². The third-order valence-corrected chi connectivity index (χ3v) is 3.43. The normalized spacial score (nSPS) is 10.4. The number of carbonyl (C=O) groups excluding carboxylic acids is 2. The number of rotatable bonds is 8. The van der Waals surface area contributed by atoms with Crippen molar-refractivity contribution in [2.75, 3.05) is 6.61 Å². The average molecular weight is 344 g/mol. The summed E-state index contributed by atoms with van der Waals surface area (Å²) in [4.78, 5) is 34.2. The summed E-state index contributed by atoms with van der Waals surface area (Å²) >= 11 is 0. The number of carbonyl (C=O) groups is 2. The van der Waals surface area contributed by atoms with Crippen molar-refractivity contribution in [3.05, 3.63) is 52.9 Å². The van der Waals surface area contributed by atoms with Crippen LogP contribution < -0.4 is 10.4 Å². The fourth-order valence-corrected chi connectivity index (χ4v) is 2.12. The minimum atomic E-state index is -0.455. The van der Waals surface area contributed by atoms with Gasteiger partial charge in [-0.05, 0) is 44.4 Å². The average Bonchev–Trinajstić information content (AvgIpc) is 2.57. The third-order valence-electron chi connectivity index (χ3n) is 3.43. The topological polar surface area (TPSA) is 82.8 Å². The lowest BCUT2D eigenvalue weighted by molar-refractivity contribution is -0.139. The van der Waals surface area contributed by atoms with Gasteiger partial charge in [0, 0.05) is 29.5 Å². The van der Waals surface area contributed by atoms with Gasteiger partial charge in [-0.3, -0.25) is 4.79 Å². The Morgan fingerprint density at radius 1 is 1.12 bits per heavy atom. The maximum absolute atomic E-state index is 11.8. The van der Waals surface area contributed by atoms with Crippen molar-refractivity contribution in [1.29, 1.82) is 0 Å². The summed E-state index contributed by atoms with van der Waals surface area (Å²) in [5, 5.41) is 0.753. The molecule has 132 valence electrons. The van der Waals surface area contributed by atoms with Crippen LogP contribution in [-0.2, 0) is 14.3 Å². The lowest BCUT2D eigenvalue weighted by Gasteiger charge is -2.06. The van der Waals surface area contributed by atoms with Crippen molar-refractivity contribution in [1.82, 2.24) is 0 Å². The summed E-state index contributed by atoms with van der Waals surface area (Å²) in [5.41, 5.74) is 0.287. The standard InChI is InChI=1S/C19H20O6/c1-13(2)19(22)23-11-5-3-4-6-17(20)24-15-9-7-14-8-10-18(21)25-16(14)12-15/h7-10,12H,1,3-6,11H2,2H3. The molecule has 0 spiro atoms. The summed E-state index contributed by atoms with van der Waals surface area (Å²) in [7, 11) is 0. The number of benzene rings is 1. The van der Waals surface area contributed by atoms with Gasteiger partial charge in [0.2, 0.25) is 0 Å². The Bertz CT molecular complexity index is 833. The summed E-state index contributed by atoms with van der Waals surface area (Å²) in [6.45, 7) is 5.40. The number of esters is 2. The second kappa shape index (κ2) is 8.82. The van der Waals surface area contributed by atoms with Crippen LogP contribution in [-0.4, -0.2) is 18.5 Å². The first-order valence-corrected chi connectivity index (χ1v) is 8.03. The molecule has 0 atom stereocenters. The summed E-state index contributed by atoms with van der Waals surface area (Å²) in [6.07, 6.45) is 2.30. The molecule has 0 amide bonds. The quantitative estimate of drug-likeness (QED) is 0.240. The molecule has 0 saturated carbocycles. The van der Waals surface area contributed by atoms with Gasteiger partial charge in [0.05, 0.1) is 6.61 Å². The highest BCUT2D eigenvalue weighted by Gasteiger charge is 2.07. The predicted octanol–water partition coefficient (Wildman–Crippen LogP) is 3.38. The molecule has 1 aromatic carbocycles. The van der Waals surface area contributed by atoms with Gasteiger partial charge in [0.15, 0.2) is 0 Å². The zero-order valence-electron chi connectivity index (χ0n) is 14.1. The monoisotopic (exact) mass is 344 g/mol. The molecule has 1 heterocycles.